The van der Waals surface area contributed by atoms with Crippen LogP contribution in [0, 0.1) is 6.92 Å². The maximum absolute atomic E-state index is 12.6. The summed E-state index contributed by atoms with van der Waals surface area (Å²) in [5.74, 6) is -0.917. The summed E-state index contributed by atoms with van der Waals surface area (Å²) in [6.07, 6.45) is 1.75. The van der Waals surface area contributed by atoms with Crippen molar-refractivity contribution in [1.29, 1.82) is 0 Å². The molecule has 8 nitrogen and oxygen atoms in total. The summed E-state index contributed by atoms with van der Waals surface area (Å²) < 4.78 is 0. The van der Waals surface area contributed by atoms with Crippen LogP contribution in [0.3, 0.4) is 0 Å². The number of anilines is 2. The van der Waals surface area contributed by atoms with E-state index in [0.717, 1.165) is 5.56 Å². The number of aryl methyl sites for hydroxylation is 1. The number of amides is 2. The van der Waals surface area contributed by atoms with Crippen molar-refractivity contribution in [2.75, 3.05) is 24.7 Å². The van der Waals surface area contributed by atoms with Crippen molar-refractivity contribution in [3.63, 3.8) is 0 Å². The Morgan fingerprint density at radius 2 is 1.96 bits per heavy atom. The fraction of sp³-hybridized carbons (Fsp3) is 0.333. The number of hydrogen-bond acceptors (Lipinski definition) is 6. The van der Waals surface area contributed by atoms with Crippen LogP contribution in [0.25, 0.3) is 0 Å². The van der Waals surface area contributed by atoms with Gasteiger partial charge in [0.1, 0.15) is 5.56 Å². The number of thioether (sulfide) groups is 1. The topological polar surface area (TPSA) is 121 Å². The Morgan fingerprint density at radius 3 is 2.52 bits per heavy atom. The number of aromatic nitrogens is 2. The molecule has 0 aliphatic heterocycles. The van der Waals surface area contributed by atoms with Crippen molar-refractivity contribution >= 4 is 35.1 Å². The van der Waals surface area contributed by atoms with E-state index in [1.54, 1.807) is 29.4 Å². The Balaban J connectivity index is 2.50. The van der Waals surface area contributed by atoms with Crippen molar-refractivity contribution in [1.82, 2.24) is 14.9 Å². The molecule has 0 atom stereocenters. The van der Waals surface area contributed by atoms with Gasteiger partial charge < -0.3 is 20.9 Å². The van der Waals surface area contributed by atoms with E-state index in [-0.39, 0.29) is 17.3 Å². The van der Waals surface area contributed by atoms with Gasteiger partial charge in [0.05, 0.1) is 0 Å². The maximum Gasteiger partial charge on any atom is 0.266 e. The molecule has 9 heteroatoms. The highest BCUT2D eigenvalue weighted by Gasteiger charge is 2.19. The zero-order valence-corrected chi connectivity index (χ0v) is 16.6. The van der Waals surface area contributed by atoms with E-state index < -0.39 is 11.5 Å². The molecule has 1 heterocycles. The van der Waals surface area contributed by atoms with Crippen molar-refractivity contribution in [3.05, 3.63) is 45.2 Å². The minimum atomic E-state index is -0.882. The third-order valence-corrected chi connectivity index (χ3v) is 4.71. The molecule has 4 N–H and O–H groups in total. The summed E-state index contributed by atoms with van der Waals surface area (Å²) in [5, 5.41) is 3.34. The van der Waals surface area contributed by atoms with Gasteiger partial charge in [-0.1, -0.05) is 17.8 Å². The number of nitrogens with two attached hydrogens (primary N) is 1. The minimum absolute atomic E-state index is 0.0612. The summed E-state index contributed by atoms with van der Waals surface area (Å²) in [4.78, 5) is 44.9. The molecule has 1 aromatic carbocycles. The molecule has 2 amide bonds. The Morgan fingerprint density at radius 1 is 1.30 bits per heavy atom. The van der Waals surface area contributed by atoms with E-state index in [1.165, 1.54) is 11.8 Å². The molecule has 0 saturated heterocycles. The number of nitrogens with zero attached hydrogens (tertiary/aromatic N) is 2. The fourth-order valence-corrected chi connectivity index (χ4v) is 2.96. The highest BCUT2D eigenvalue weighted by molar-refractivity contribution is 7.98. The van der Waals surface area contributed by atoms with Gasteiger partial charge >= 0.3 is 0 Å². The third-order valence-electron chi connectivity index (χ3n) is 4.13. The van der Waals surface area contributed by atoms with Crippen LogP contribution in [0.5, 0.6) is 0 Å². The van der Waals surface area contributed by atoms with Gasteiger partial charge in [0.2, 0.25) is 0 Å². The number of H-pyrrole nitrogens is 1. The monoisotopic (exact) mass is 389 g/mol. The van der Waals surface area contributed by atoms with E-state index in [0.29, 0.717) is 29.5 Å². The van der Waals surface area contributed by atoms with Gasteiger partial charge in [-0.05, 0) is 44.7 Å². The second-order valence-corrected chi connectivity index (χ2v) is 6.59. The predicted molar refractivity (Wildman–Crippen MR) is 107 cm³/mol. The summed E-state index contributed by atoms with van der Waals surface area (Å²) >= 11 is 1.23. The van der Waals surface area contributed by atoms with Crippen molar-refractivity contribution < 1.29 is 9.59 Å². The standard InChI is InChI=1S/C18H23N5O3S/c1-5-23(6-2)17(26)11-8-7-10(3)12(9-11)20-15-13(14(19)24)16(25)22-18(21-15)27-4/h7-9H,5-6H2,1-4H3,(H2,19,24)(H2,20,21,22,25). The Kier molecular flexibility index (Phi) is 6.62. The zero-order valence-electron chi connectivity index (χ0n) is 15.8. The second-order valence-electron chi connectivity index (χ2n) is 5.80. The van der Waals surface area contributed by atoms with Gasteiger partial charge in [0, 0.05) is 24.3 Å². The highest BCUT2D eigenvalue weighted by Crippen LogP contribution is 2.24. The number of aromatic amines is 1. The van der Waals surface area contributed by atoms with Crippen molar-refractivity contribution in [2.24, 2.45) is 5.73 Å². The molecule has 0 aliphatic rings. The molecule has 0 bridgehead atoms. The van der Waals surface area contributed by atoms with Crippen LogP contribution >= 0.6 is 11.8 Å². The number of carbonyl (C=O) groups is 2. The van der Waals surface area contributed by atoms with Crippen LogP contribution in [0.4, 0.5) is 11.5 Å². The summed E-state index contributed by atoms with van der Waals surface area (Å²) in [6.45, 7) is 6.88. The minimum Gasteiger partial charge on any atom is -0.365 e. The lowest BCUT2D eigenvalue weighted by Gasteiger charge is -2.20. The van der Waals surface area contributed by atoms with Gasteiger partial charge in [-0.25, -0.2) is 4.98 Å². The van der Waals surface area contributed by atoms with E-state index in [2.05, 4.69) is 15.3 Å². The van der Waals surface area contributed by atoms with E-state index in [4.69, 9.17) is 5.73 Å². The first kappa shape index (κ1) is 20.5. The molecule has 27 heavy (non-hydrogen) atoms. The van der Waals surface area contributed by atoms with Crippen LogP contribution in [0.15, 0.2) is 28.2 Å². The average Bonchev–Trinajstić information content (AvgIpc) is 2.63. The number of primary amides is 1. The molecule has 0 spiro atoms. The van der Waals surface area contributed by atoms with Crippen LogP contribution in [0.1, 0.15) is 40.1 Å². The normalized spacial score (nSPS) is 10.5. The second kappa shape index (κ2) is 8.72. The Hall–Kier alpha value is -2.81. The van der Waals surface area contributed by atoms with Crippen molar-refractivity contribution in [3.8, 4) is 0 Å². The van der Waals surface area contributed by atoms with Crippen LogP contribution < -0.4 is 16.6 Å². The van der Waals surface area contributed by atoms with Crippen LogP contribution in [-0.4, -0.2) is 46.0 Å². The number of rotatable bonds is 7. The first-order chi connectivity index (χ1) is 12.8. The van der Waals surface area contributed by atoms with Crippen molar-refractivity contribution in [2.45, 2.75) is 25.9 Å². The van der Waals surface area contributed by atoms with E-state index in [1.807, 2.05) is 20.8 Å². The van der Waals surface area contributed by atoms with Gasteiger partial charge in [-0.15, -0.1) is 0 Å². The summed E-state index contributed by atoms with van der Waals surface area (Å²) in [7, 11) is 0. The Labute approximate surface area is 161 Å². The molecule has 0 unspecified atom stereocenters. The zero-order chi connectivity index (χ0) is 20.1. The number of hydrogen-bond donors (Lipinski definition) is 3. The average molecular weight is 389 g/mol. The van der Waals surface area contributed by atoms with Crippen LogP contribution in [0.2, 0.25) is 0 Å². The molecule has 0 radical (unpaired) electrons. The first-order valence-electron chi connectivity index (χ1n) is 8.47. The molecule has 144 valence electrons. The summed E-state index contributed by atoms with van der Waals surface area (Å²) in [6, 6.07) is 5.22. The Bertz CT molecular complexity index is 922. The number of carbonyl (C=O) groups excluding carboxylic acids is 2. The quantitative estimate of drug-likeness (QED) is 0.493. The van der Waals surface area contributed by atoms with Gasteiger partial charge in [0.15, 0.2) is 11.0 Å². The van der Waals surface area contributed by atoms with E-state index in [9.17, 15) is 14.4 Å². The van der Waals surface area contributed by atoms with E-state index >= 15 is 0 Å². The van der Waals surface area contributed by atoms with Gasteiger partial charge in [0.25, 0.3) is 17.4 Å². The number of benzene rings is 1. The smallest absolute Gasteiger partial charge is 0.266 e. The lowest BCUT2D eigenvalue weighted by Crippen LogP contribution is -2.30. The summed E-state index contributed by atoms with van der Waals surface area (Å²) in [5.41, 5.74) is 6.38. The number of nitrogens with one attached hydrogen (secondary N) is 2. The molecular formula is C18H23N5O3S. The SMILES string of the molecule is CCN(CC)C(=O)c1ccc(C)c(Nc2nc(SC)[nH]c(=O)c2C(N)=O)c1. The molecule has 0 saturated carbocycles. The molecule has 2 rings (SSSR count). The largest absolute Gasteiger partial charge is 0.365 e. The van der Waals surface area contributed by atoms with Gasteiger partial charge in [-0.2, -0.15) is 0 Å². The molecule has 2 aromatic rings. The first-order valence-corrected chi connectivity index (χ1v) is 9.69. The third kappa shape index (κ3) is 4.48. The molecular weight excluding hydrogens is 366 g/mol. The predicted octanol–water partition coefficient (Wildman–Crippen LogP) is 2.12. The molecule has 0 aliphatic carbocycles. The maximum atomic E-state index is 12.6. The van der Waals surface area contributed by atoms with Gasteiger partial charge in [-0.3, -0.25) is 14.4 Å². The fourth-order valence-electron chi connectivity index (χ4n) is 2.58. The lowest BCUT2D eigenvalue weighted by atomic mass is 10.1. The molecule has 0 fully saturated rings. The van der Waals surface area contributed by atoms with Crippen LogP contribution in [-0.2, 0) is 0 Å². The highest BCUT2D eigenvalue weighted by atomic mass is 32.2. The lowest BCUT2D eigenvalue weighted by molar-refractivity contribution is 0.0772. The molecule has 1 aromatic heterocycles.